The Balaban J connectivity index is 1.64. The van der Waals surface area contributed by atoms with Gasteiger partial charge >= 0.3 is 0 Å². The zero-order valence-electron chi connectivity index (χ0n) is 12.7. The first-order valence-electron chi connectivity index (χ1n) is 7.20. The Hall–Kier alpha value is -3.21. The Bertz CT molecular complexity index is 820. The maximum atomic E-state index is 11.9. The SMILES string of the molecule is Cn1cc(/C=C\C(=O)Nc2ccc(-c3ccccc3)cn2)cn1. The molecule has 0 saturated carbocycles. The highest BCUT2D eigenvalue weighted by molar-refractivity contribution is 6.01. The van der Waals surface area contributed by atoms with Crippen LogP contribution in [0.25, 0.3) is 17.2 Å². The van der Waals surface area contributed by atoms with E-state index in [-0.39, 0.29) is 5.91 Å². The second-order valence-corrected chi connectivity index (χ2v) is 5.07. The number of anilines is 1. The Morgan fingerprint density at radius 3 is 2.57 bits per heavy atom. The molecule has 0 fully saturated rings. The molecule has 0 saturated heterocycles. The minimum atomic E-state index is -0.228. The molecule has 0 aliphatic carbocycles. The first-order chi connectivity index (χ1) is 11.2. The van der Waals surface area contributed by atoms with Crippen molar-refractivity contribution in [3.05, 3.63) is 72.7 Å². The average molecular weight is 304 g/mol. The van der Waals surface area contributed by atoms with Crippen LogP contribution in [0.2, 0.25) is 0 Å². The molecule has 2 aromatic heterocycles. The van der Waals surface area contributed by atoms with Crippen LogP contribution >= 0.6 is 0 Å². The van der Waals surface area contributed by atoms with Crippen LogP contribution in [-0.2, 0) is 11.8 Å². The third-order valence-corrected chi connectivity index (χ3v) is 3.27. The number of hydrogen-bond acceptors (Lipinski definition) is 3. The molecule has 23 heavy (non-hydrogen) atoms. The van der Waals surface area contributed by atoms with E-state index in [0.29, 0.717) is 5.82 Å². The monoisotopic (exact) mass is 304 g/mol. The van der Waals surface area contributed by atoms with E-state index in [4.69, 9.17) is 0 Å². The standard InChI is InChI=1S/C18H16N4O/c1-22-13-14(11-20-22)7-10-18(23)21-17-9-8-16(12-19-17)15-5-3-2-4-6-15/h2-13H,1H3,(H,19,21,23)/b10-7-. The van der Waals surface area contributed by atoms with Crippen LogP contribution in [0.5, 0.6) is 0 Å². The number of pyridine rings is 1. The van der Waals surface area contributed by atoms with Crippen molar-refractivity contribution in [1.82, 2.24) is 14.8 Å². The summed E-state index contributed by atoms with van der Waals surface area (Å²) in [4.78, 5) is 16.2. The molecule has 5 nitrogen and oxygen atoms in total. The number of aryl methyl sites for hydroxylation is 1. The maximum Gasteiger partial charge on any atom is 0.249 e. The van der Waals surface area contributed by atoms with Gasteiger partial charge in [0.2, 0.25) is 5.91 Å². The zero-order chi connectivity index (χ0) is 16.1. The number of benzene rings is 1. The Kier molecular flexibility index (Phi) is 4.29. The lowest BCUT2D eigenvalue weighted by molar-refractivity contribution is -0.111. The number of aromatic nitrogens is 3. The van der Waals surface area contributed by atoms with Crippen molar-refractivity contribution in [3.63, 3.8) is 0 Å². The van der Waals surface area contributed by atoms with Gasteiger partial charge < -0.3 is 5.32 Å². The first kappa shape index (κ1) is 14.7. The summed E-state index contributed by atoms with van der Waals surface area (Å²) in [6.45, 7) is 0. The summed E-state index contributed by atoms with van der Waals surface area (Å²) >= 11 is 0. The Morgan fingerprint density at radius 1 is 1.09 bits per heavy atom. The Labute approximate surface area is 134 Å². The molecule has 5 heteroatoms. The number of amides is 1. The van der Waals surface area contributed by atoms with Crippen LogP contribution in [0.1, 0.15) is 5.56 Å². The maximum absolute atomic E-state index is 11.9. The summed E-state index contributed by atoms with van der Waals surface area (Å²) < 4.78 is 1.68. The van der Waals surface area contributed by atoms with E-state index in [1.165, 1.54) is 6.08 Å². The molecule has 0 atom stereocenters. The summed E-state index contributed by atoms with van der Waals surface area (Å²) in [7, 11) is 1.83. The molecule has 1 amide bonds. The largest absolute Gasteiger partial charge is 0.307 e. The second-order valence-electron chi connectivity index (χ2n) is 5.07. The smallest absolute Gasteiger partial charge is 0.249 e. The molecule has 0 unspecified atom stereocenters. The average Bonchev–Trinajstić information content (AvgIpc) is 3.00. The quantitative estimate of drug-likeness (QED) is 0.753. The fourth-order valence-corrected chi connectivity index (χ4v) is 2.14. The number of hydrogen-bond donors (Lipinski definition) is 1. The number of nitrogens with zero attached hydrogens (tertiary/aromatic N) is 3. The summed E-state index contributed by atoms with van der Waals surface area (Å²) in [6, 6.07) is 13.7. The zero-order valence-corrected chi connectivity index (χ0v) is 12.7. The van der Waals surface area contributed by atoms with Gasteiger partial charge in [-0.2, -0.15) is 5.10 Å². The molecule has 3 rings (SSSR count). The van der Waals surface area contributed by atoms with E-state index in [2.05, 4.69) is 15.4 Å². The molecule has 114 valence electrons. The number of nitrogens with one attached hydrogen (secondary N) is 1. The summed E-state index contributed by atoms with van der Waals surface area (Å²) in [5.74, 6) is 0.291. The molecule has 0 radical (unpaired) electrons. The van der Waals surface area contributed by atoms with Gasteiger partial charge in [0, 0.05) is 36.6 Å². The fourth-order valence-electron chi connectivity index (χ4n) is 2.14. The van der Waals surface area contributed by atoms with Crippen LogP contribution in [0.3, 0.4) is 0 Å². The third-order valence-electron chi connectivity index (χ3n) is 3.27. The molecule has 0 aliphatic rings. The van der Waals surface area contributed by atoms with Gasteiger partial charge in [0.15, 0.2) is 0 Å². The molecular weight excluding hydrogens is 288 g/mol. The van der Waals surface area contributed by atoms with E-state index in [0.717, 1.165) is 16.7 Å². The van der Waals surface area contributed by atoms with Gasteiger partial charge in [0.1, 0.15) is 5.82 Å². The van der Waals surface area contributed by atoms with Crippen molar-refractivity contribution in [2.24, 2.45) is 7.05 Å². The summed E-state index contributed by atoms with van der Waals surface area (Å²) in [5.41, 5.74) is 2.97. The fraction of sp³-hybridized carbons (Fsp3) is 0.0556. The van der Waals surface area contributed by atoms with Crippen LogP contribution in [-0.4, -0.2) is 20.7 Å². The minimum Gasteiger partial charge on any atom is -0.307 e. The molecule has 0 aliphatic heterocycles. The van der Waals surface area contributed by atoms with E-state index in [9.17, 15) is 4.79 Å². The lowest BCUT2D eigenvalue weighted by atomic mass is 10.1. The van der Waals surface area contributed by atoms with Crippen molar-refractivity contribution in [2.45, 2.75) is 0 Å². The predicted molar refractivity (Wildman–Crippen MR) is 90.5 cm³/mol. The molecule has 0 bridgehead atoms. The van der Waals surface area contributed by atoms with Crippen molar-refractivity contribution >= 4 is 17.8 Å². The van der Waals surface area contributed by atoms with Crippen LogP contribution in [0, 0.1) is 0 Å². The van der Waals surface area contributed by atoms with Gasteiger partial charge in [-0.15, -0.1) is 0 Å². The van der Waals surface area contributed by atoms with Crippen LogP contribution in [0.15, 0.2) is 67.1 Å². The molecule has 2 heterocycles. The molecule has 1 N–H and O–H groups in total. The van der Waals surface area contributed by atoms with Gasteiger partial charge in [-0.3, -0.25) is 9.48 Å². The van der Waals surface area contributed by atoms with Crippen molar-refractivity contribution in [2.75, 3.05) is 5.32 Å². The number of carbonyl (C=O) groups excluding carboxylic acids is 1. The highest BCUT2D eigenvalue weighted by atomic mass is 16.1. The van der Waals surface area contributed by atoms with E-state index in [1.54, 1.807) is 29.2 Å². The highest BCUT2D eigenvalue weighted by Gasteiger charge is 2.01. The van der Waals surface area contributed by atoms with Crippen molar-refractivity contribution < 1.29 is 4.79 Å². The van der Waals surface area contributed by atoms with Crippen molar-refractivity contribution in [3.8, 4) is 11.1 Å². The third kappa shape index (κ3) is 3.91. The predicted octanol–water partition coefficient (Wildman–Crippen LogP) is 3.13. The van der Waals surface area contributed by atoms with Gasteiger partial charge in [0.25, 0.3) is 0 Å². The second kappa shape index (κ2) is 6.70. The molecule has 0 spiro atoms. The summed E-state index contributed by atoms with van der Waals surface area (Å²) in [5, 5.41) is 6.77. The van der Waals surface area contributed by atoms with E-state index < -0.39 is 0 Å². The lowest BCUT2D eigenvalue weighted by Crippen LogP contribution is -2.08. The Morgan fingerprint density at radius 2 is 1.91 bits per heavy atom. The van der Waals surface area contributed by atoms with Crippen LogP contribution < -0.4 is 5.32 Å². The minimum absolute atomic E-state index is 0.228. The van der Waals surface area contributed by atoms with Gasteiger partial charge in [-0.1, -0.05) is 30.3 Å². The van der Waals surface area contributed by atoms with Gasteiger partial charge in [-0.25, -0.2) is 4.98 Å². The molecular formula is C18H16N4O. The topological polar surface area (TPSA) is 59.8 Å². The van der Waals surface area contributed by atoms with E-state index in [1.807, 2.05) is 49.6 Å². The number of carbonyl (C=O) groups is 1. The molecule has 1 aromatic carbocycles. The van der Waals surface area contributed by atoms with Gasteiger partial charge in [0.05, 0.1) is 6.20 Å². The van der Waals surface area contributed by atoms with E-state index >= 15 is 0 Å². The first-order valence-corrected chi connectivity index (χ1v) is 7.20. The summed E-state index contributed by atoms with van der Waals surface area (Å²) in [6.07, 6.45) is 8.44. The number of rotatable bonds is 4. The normalized spacial score (nSPS) is 10.8. The van der Waals surface area contributed by atoms with Gasteiger partial charge in [-0.05, 0) is 23.8 Å². The lowest BCUT2D eigenvalue weighted by Gasteiger charge is -2.04. The van der Waals surface area contributed by atoms with Crippen LogP contribution in [0.4, 0.5) is 5.82 Å². The molecule has 3 aromatic rings. The van der Waals surface area contributed by atoms with Crippen molar-refractivity contribution in [1.29, 1.82) is 0 Å². The highest BCUT2D eigenvalue weighted by Crippen LogP contribution is 2.18.